The molecule has 1 nitrogen and oxygen atoms in total. The Morgan fingerprint density at radius 1 is 1.00 bits per heavy atom. The van der Waals surface area contributed by atoms with Gasteiger partial charge in [0.2, 0.25) is 0 Å². The van der Waals surface area contributed by atoms with Gasteiger partial charge in [0, 0.05) is 12.6 Å². The highest BCUT2D eigenvalue weighted by Crippen LogP contribution is 2.55. The van der Waals surface area contributed by atoms with Crippen molar-refractivity contribution in [2.24, 2.45) is 11.3 Å². The van der Waals surface area contributed by atoms with Crippen molar-refractivity contribution < 1.29 is 0 Å². The summed E-state index contributed by atoms with van der Waals surface area (Å²) in [4.78, 5) is 0. The summed E-state index contributed by atoms with van der Waals surface area (Å²) in [5, 5.41) is 3.63. The van der Waals surface area contributed by atoms with Crippen LogP contribution in [0.5, 0.6) is 0 Å². The average Bonchev–Trinajstić information content (AvgIpc) is 2.63. The third-order valence-corrected chi connectivity index (χ3v) is 4.52. The summed E-state index contributed by atoms with van der Waals surface area (Å²) in [6.45, 7) is 1.35. The second-order valence-corrected chi connectivity index (χ2v) is 5.18. The van der Waals surface area contributed by atoms with Crippen LogP contribution in [-0.4, -0.2) is 12.6 Å². The lowest BCUT2D eigenvalue weighted by Crippen LogP contribution is -2.40. The van der Waals surface area contributed by atoms with Gasteiger partial charge in [-0.15, -0.1) is 0 Å². The van der Waals surface area contributed by atoms with Crippen LogP contribution in [0.25, 0.3) is 0 Å². The minimum atomic E-state index is 0.797. The first-order valence-corrected chi connectivity index (χ1v) is 5.62. The zero-order valence-corrected chi connectivity index (χ0v) is 7.81. The molecule has 0 unspecified atom stereocenters. The molecule has 0 aromatic rings. The minimum Gasteiger partial charge on any atom is -0.313 e. The number of hydrogen-bond donors (Lipinski definition) is 1. The van der Waals surface area contributed by atoms with Crippen LogP contribution >= 0.6 is 0 Å². The Kier molecular flexibility index (Phi) is 1.52. The molecule has 4 rings (SSSR count). The monoisotopic (exact) mass is 165 g/mol. The van der Waals surface area contributed by atoms with Gasteiger partial charge >= 0.3 is 0 Å². The number of hydrogen-bond acceptors (Lipinski definition) is 1. The largest absolute Gasteiger partial charge is 0.313 e. The Balaban J connectivity index is 1.71. The summed E-state index contributed by atoms with van der Waals surface area (Å²) in [5.41, 5.74) is 0.797. The van der Waals surface area contributed by atoms with Crippen LogP contribution in [-0.2, 0) is 0 Å². The molecule has 2 aliphatic carbocycles. The highest BCUT2D eigenvalue weighted by molar-refractivity contribution is 5.09. The molecule has 4 fully saturated rings. The maximum Gasteiger partial charge on any atom is 0.00790 e. The molecule has 12 heavy (non-hydrogen) atoms. The second-order valence-electron chi connectivity index (χ2n) is 5.18. The van der Waals surface area contributed by atoms with Crippen molar-refractivity contribution in [2.45, 2.75) is 51.0 Å². The first kappa shape index (κ1) is 7.37. The molecular weight excluding hydrogens is 146 g/mol. The SMILES string of the molecule is C1CCC(C23CNC(C2)C3)CC1. The maximum atomic E-state index is 3.63. The van der Waals surface area contributed by atoms with Crippen molar-refractivity contribution in [3.63, 3.8) is 0 Å². The second kappa shape index (κ2) is 2.47. The van der Waals surface area contributed by atoms with Crippen LogP contribution < -0.4 is 5.32 Å². The summed E-state index contributed by atoms with van der Waals surface area (Å²) < 4.78 is 0. The molecule has 2 saturated heterocycles. The zero-order valence-electron chi connectivity index (χ0n) is 7.81. The average molecular weight is 165 g/mol. The van der Waals surface area contributed by atoms with Crippen LogP contribution in [0.1, 0.15) is 44.9 Å². The van der Waals surface area contributed by atoms with E-state index in [-0.39, 0.29) is 0 Å². The van der Waals surface area contributed by atoms with E-state index in [4.69, 9.17) is 0 Å². The maximum absolute atomic E-state index is 3.63. The lowest BCUT2D eigenvalue weighted by molar-refractivity contribution is 0.0721. The van der Waals surface area contributed by atoms with Crippen molar-refractivity contribution in [2.75, 3.05) is 6.54 Å². The topological polar surface area (TPSA) is 12.0 Å². The third kappa shape index (κ3) is 0.891. The van der Waals surface area contributed by atoms with Crippen molar-refractivity contribution >= 4 is 0 Å². The van der Waals surface area contributed by atoms with E-state index in [0.717, 1.165) is 17.4 Å². The van der Waals surface area contributed by atoms with Gasteiger partial charge in [0.15, 0.2) is 0 Å². The number of fused-ring (bicyclic) bond motifs is 1. The fourth-order valence-electron chi connectivity index (χ4n) is 3.75. The van der Waals surface area contributed by atoms with Gasteiger partial charge in [-0.25, -0.2) is 0 Å². The van der Waals surface area contributed by atoms with Gasteiger partial charge in [-0.2, -0.15) is 0 Å². The van der Waals surface area contributed by atoms with E-state index >= 15 is 0 Å². The molecule has 1 N–H and O–H groups in total. The van der Waals surface area contributed by atoms with E-state index in [2.05, 4.69) is 5.32 Å². The molecule has 1 heteroatoms. The molecule has 0 spiro atoms. The predicted octanol–water partition coefficient (Wildman–Crippen LogP) is 2.32. The molecule has 0 radical (unpaired) electrons. The van der Waals surface area contributed by atoms with Gasteiger partial charge in [-0.05, 0) is 37.0 Å². The summed E-state index contributed by atoms with van der Waals surface area (Å²) in [5.74, 6) is 1.09. The minimum absolute atomic E-state index is 0.797. The first-order valence-electron chi connectivity index (χ1n) is 5.62. The quantitative estimate of drug-likeness (QED) is 0.628. The lowest BCUT2D eigenvalue weighted by Gasteiger charge is -2.45. The van der Waals surface area contributed by atoms with E-state index in [1.807, 2.05) is 0 Å². The summed E-state index contributed by atoms with van der Waals surface area (Å²) in [7, 11) is 0. The van der Waals surface area contributed by atoms with Gasteiger partial charge < -0.3 is 5.32 Å². The third-order valence-electron chi connectivity index (χ3n) is 4.52. The van der Waals surface area contributed by atoms with Crippen LogP contribution in [0.15, 0.2) is 0 Å². The van der Waals surface area contributed by atoms with E-state index in [1.165, 1.54) is 51.5 Å². The zero-order chi connectivity index (χ0) is 8.02. The summed E-state index contributed by atoms with van der Waals surface area (Å²) in [6, 6.07) is 0.923. The van der Waals surface area contributed by atoms with Crippen LogP contribution in [0.2, 0.25) is 0 Å². The Morgan fingerprint density at radius 2 is 1.75 bits per heavy atom. The summed E-state index contributed by atoms with van der Waals surface area (Å²) >= 11 is 0. The molecule has 2 heterocycles. The van der Waals surface area contributed by atoms with E-state index < -0.39 is 0 Å². The van der Waals surface area contributed by atoms with Crippen molar-refractivity contribution in [3.05, 3.63) is 0 Å². The highest BCUT2D eigenvalue weighted by Gasteiger charge is 2.54. The molecule has 4 aliphatic rings. The normalized spacial score (nSPS) is 47.5. The smallest absolute Gasteiger partial charge is 0.00790 e. The highest BCUT2D eigenvalue weighted by atomic mass is 15.0. The first-order chi connectivity index (χ1) is 5.89. The predicted molar refractivity (Wildman–Crippen MR) is 50.0 cm³/mol. The molecule has 0 aromatic carbocycles. The Morgan fingerprint density at radius 3 is 2.33 bits per heavy atom. The van der Waals surface area contributed by atoms with Crippen LogP contribution in [0.3, 0.4) is 0 Å². The molecular formula is C11H19N. The van der Waals surface area contributed by atoms with Crippen LogP contribution in [0.4, 0.5) is 0 Å². The fourth-order valence-corrected chi connectivity index (χ4v) is 3.75. The molecule has 2 saturated carbocycles. The van der Waals surface area contributed by atoms with Crippen LogP contribution in [0, 0.1) is 11.3 Å². The molecule has 2 aliphatic heterocycles. The van der Waals surface area contributed by atoms with E-state index in [1.54, 1.807) is 0 Å². The fraction of sp³-hybridized carbons (Fsp3) is 1.00. The van der Waals surface area contributed by atoms with Crippen molar-refractivity contribution in [3.8, 4) is 0 Å². The van der Waals surface area contributed by atoms with Gasteiger partial charge in [0.05, 0.1) is 0 Å². The molecule has 68 valence electrons. The van der Waals surface area contributed by atoms with Gasteiger partial charge in [-0.3, -0.25) is 0 Å². The van der Waals surface area contributed by atoms with Crippen molar-refractivity contribution in [1.82, 2.24) is 5.32 Å². The van der Waals surface area contributed by atoms with Gasteiger partial charge in [0.1, 0.15) is 0 Å². The summed E-state index contributed by atoms with van der Waals surface area (Å²) in [6.07, 6.45) is 10.6. The van der Waals surface area contributed by atoms with E-state index in [9.17, 15) is 0 Å². The molecule has 0 aromatic heterocycles. The van der Waals surface area contributed by atoms with E-state index in [0.29, 0.717) is 0 Å². The molecule has 2 bridgehead atoms. The lowest BCUT2D eigenvalue weighted by atomic mass is 9.59. The van der Waals surface area contributed by atoms with Crippen molar-refractivity contribution in [1.29, 1.82) is 0 Å². The molecule has 0 atom stereocenters. The van der Waals surface area contributed by atoms with Gasteiger partial charge in [-0.1, -0.05) is 19.3 Å². The number of rotatable bonds is 1. The molecule has 0 amide bonds. The number of nitrogens with one attached hydrogen (secondary N) is 1. The standard InChI is InChI=1S/C11H19N/c1-2-4-9(5-3-1)11-6-10(7-11)12-8-11/h9-10,12H,1-8H2. The van der Waals surface area contributed by atoms with Gasteiger partial charge in [0.25, 0.3) is 0 Å². The Labute approximate surface area is 74.9 Å². The Hall–Kier alpha value is -0.0400. The Bertz CT molecular complexity index is 170.